The summed E-state index contributed by atoms with van der Waals surface area (Å²) in [5.41, 5.74) is 6.69. The van der Waals surface area contributed by atoms with Gasteiger partial charge in [0.25, 0.3) is 5.89 Å². The highest BCUT2D eigenvalue weighted by atomic mass is 19.1. The number of aromatic nitrogens is 2. The van der Waals surface area contributed by atoms with Crippen molar-refractivity contribution < 1.29 is 13.3 Å². The van der Waals surface area contributed by atoms with Crippen molar-refractivity contribution in [2.45, 2.75) is 0 Å². The van der Waals surface area contributed by atoms with Crippen molar-refractivity contribution in [1.29, 1.82) is 0 Å². The summed E-state index contributed by atoms with van der Waals surface area (Å²) >= 11 is 0. The van der Waals surface area contributed by atoms with Crippen LogP contribution in [-0.2, 0) is 0 Å². The summed E-state index contributed by atoms with van der Waals surface area (Å²) in [4.78, 5) is 4.09. The van der Waals surface area contributed by atoms with Crippen LogP contribution in [0.3, 0.4) is 0 Å². The molecule has 0 fully saturated rings. The van der Waals surface area contributed by atoms with Gasteiger partial charge in [0, 0.05) is 5.69 Å². The third-order valence-electron chi connectivity index (χ3n) is 2.43. The summed E-state index contributed by atoms with van der Waals surface area (Å²) in [6.45, 7) is 0. The highest BCUT2D eigenvalue weighted by Gasteiger charge is 2.14. The summed E-state index contributed by atoms with van der Waals surface area (Å²) in [5, 5.41) is 3.75. The van der Waals surface area contributed by atoms with Crippen LogP contribution in [0.15, 0.2) is 45.7 Å². The molecule has 6 heteroatoms. The molecule has 0 atom stereocenters. The van der Waals surface area contributed by atoms with Crippen molar-refractivity contribution in [1.82, 2.24) is 10.1 Å². The van der Waals surface area contributed by atoms with Crippen LogP contribution >= 0.6 is 0 Å². The molecule has 0 radical (unpaired) electrons. The fourth-order valence-corrected chi connectivity index (χ4v) is 1.55. The number of halogens is 1. The van der Waals surface area contributed by atoms with Crippen LogP contribution in [0.1, 0.15) is 0 Å². The maximum absolute atomic E-state index is 13.7. The molecule has 18 heavy (non-hydrogen) atoms. The Morgan fingerprint density at radius 1 is 1.22 bits per heavy atom. The Labute approximate surface area is 101 Å². The molecule has 2 heterocycles. The lowest BCUT2D eigenvalue weighted by Crippen LogP contribution is -1.89. The van der Waals surface area contributed by atoms with Gasteiger partial charge in [0.2, 0.25) is 5.82 Å². The molecule has 0 aliphatic carbocycles. The number of furan rings is 1. The van der Waals surface area contributed by atoms with Crippen LogP contribution in [0, 0.1) is 5.82 Å². The number of anilines is 1. The smallest absolute Gasteiger partial charge is 0.261 e. The highest BCUT2D eigenvalue weighted by Crippen LogP contribution is 2.25. The van der Waals surface area contributed by atoms with E-state index in [0.717, 1.165) is 0 Å². The standard InChI is InChI=1S/C12H8FN3O2/c13-10-5-8(14)1-2-9(10)12-15-11(16-18-12)7-3-4-17-6-7/h1-6H,14H2. The van der Waals surface area contributed by atoms with Crippen LogP contribution in [0.4, 0.5) is 10.1 Å². The molecular weight excluding hydrogens is 237 g/mol. The summed E-state index contributed by atoms with van der Waals surface area (Å²) < 4.78 is 23.6. The van der Waals surface area contributed by atoms with E-state index in [1.807, 2.05) is 0 Å². The maximum atomic E-state index is 13.7. The summed E-state index contributed by atoms with van der Waals surface area (Å²) in [7, 11) is 0. The molecule has 3 rings (SSSR count). The van der Waals surface area contributed by atoms with Crippen LogP contribution in [0.25, 0.3) is 22.8 Å². The van der Waals surface area contributed by atoms with E-state index in [2.05, 4.69) is 10.1 Å². The molecular formula is C12H8FN3O2. The van der Waals surface area contributed by atoms with E-state index in [4.69, 9.17) is 14.7 Å². The molecule has 0 saturated heterocycles. The van der Waals surface area contributed by atoms with E-state index < -0.39 is 5.82 Å². The predicted octanol–water partition coefficient (Wildman–Crippen LogP) is 2.72. The Bertz CT molecular complexity index is 676. The number of hydrogen-bond acceptors (Lipinski definition) is 5. The first kappa shape index (κ1) is 10.5. The lowest BCUT2D eigenvalue weighted by Gasteiger charge is -1.97. The van der Waals surface area contributed by atoms with Crippen molar-refractivity contribution in [3.8, 4) is 22.8 Å². The monoisotopic (exact) mass is 245 g/mol. The number of benzene rings is 1. The summed E-state index contributed by atoms with van der Waals surface area (Å²) in [5.74, 6) is -0.0592. The third-order valence-corrected chi connectivity index (χ3v) is 2.43. The van der Waals surface area contributed by atoms with Crippen LogP contribution in [0.2, 0.25) is 0 Å². The first-order valence-electron chi connectivity index (χ1n) is 5.16. The Balaban J connectivity index is 2.03. The summed E-state index contributed by atoms with van der Waals surface area (Å²) in [6.07, 6.45) is 2.98. The van der Waals surface area contributed by atoms with Gasteiger partial charge in [-0.2, -0.15) is 4.98 Å². The first-order chi connectivity index (χ1) is 8.74. The Morgan fingerprint density at radius 2 is 2.11 bits per heavy atom. The van der Waals surface area contributed by atoms with Gasteiger partial charge in [-0.15, -0.1) is 0 Å². The number of rotatable bonds is 2. The fourth-order valence-electron chi connectivity index (χ4n) is 1.55. The van der Waals surface area contributed by atoms with Crippen LogP contribution in [-0.4, -0.2) is 10.1 Å². The van der Waals surface area contributed by atoms with Crippen molar-refractivity contribution in [3.63, 3.8) is 0 Å². The van der Waals surface area contributed by atoms with Gasteiger partial charge in [-0.3, -0.25) is 0 Å². The SMILES string of the molecule is Nc1ccc(-c2nc(-c3ccoc3)no2)c(F)c1. The summed E-state index contributed by atoms with van der Waals surface area (Å²) in [6, 6.07) is 5.96. The van der Waals surface area contributed by atoms with E-state index in [1.54, 1.807) is 12.1 Å². The molecule has 3 aromatic rings. The van der Waals surface area contributed by atoms with Crippen molar-refractivity contribution in [3.05, 3.63) is 42.6 Å². The Kier molecular flexibility index (Phi) is 2.33. The van der Waals surface area contributed by atoms with Gasteiger partial charge in [-0.25, -0.2) is 4.39 Å². The van der Waals surface area contributed by atoms with Crippen molar-refractivity contribution >= 4 is 5.69 Å². The minimum atomic E-state index is -0.502. The maximum Gasteiger partial charge on any atom is 0.261 e. The third kappa shape index (κ3) is 1.73. The quantitative estimate of drug-likeness (QED) is 0.702. The van der Waals surface area contributed by atoms with Gasteiger partial charge in [0.05, 0.1) is 17.4 Å². The Morgan fingerprint density at radius 3 is 2.83 bits per heavy atom. The van der Waals surface area contributed by atoms with Crippen LogP contribution < -0.4 is 5.73 Å². The van der Waals surface area contributed by atoms with Gasteiger partial charge in [0.15, 0.2) is 0 Å². The molecule has 2 aromatic heterocycles. The zero-order chi connectivity index (χ0) is 12.5. The number of hydrogen-bond donors (Lipinski definition) is 1. The van der Waals surface area contributed by atoms with Gasteiger partial charge in [-0.1, -0.05) is 5.16 Å². The number of nitrogens with zero attached hydrogens (tertiary/aromatic N) is 2. The molecule has 5 nitrogen and oxygen atoms in total. The zero-order valence-corrected chi connectivity index (χ0v) is 9.13. The Hall–Kier alpha value is -2.63. The van der Waals surface area contributed by atoms with Gasteiger partial charge < -0.3 is 14.7 Å². The van der Waals surface area contributed by atoms with Gasteiger partial charge in [0.1, 0.15) is 12.1 Å². The van der Waals surface area contributed by atoms with E-state index in [0.29, 0.717) is 17.1 Å². The highest BCUT2D eigenvalue weighted by molar-refractivity contribution is 5.61. The van der Waals surface area contributed by atoms with E-state index in [9.17, 15) is 4.39 Å². The molecule has 2 N–H and O–H groups in total. The van der Waals surface area contributed by atoms with Crippen LogP contribution in [0.5, 0.6) is 0 Å². The second-order valence-corrected chi connectivity index (χ2v) is 3.67. The minimum absolute atomic E-state index is 0.101. The second kappa shape index (κ2) is 3.99. The lowest BCUT2D eigenvalue weighted by atomic mass is 10.2. The zero-order valence-electron chi connectivity index (χ0n) is 9.13. The van der Waals surface area contributed by atoms with Crippen molar-refractivity contribution in [2.24, 2.45) is 0 Å². The molecule has 0 aliphatic heterocycles. The molecule has 90 valence electrons. The minimum Gasteiger partial charge on any atom is -0.472 e. The second-order valence-electron chi connectivity index (χ2n) is 3.67. The molecule has 0 unspecified atom stereocenters. The topological polar surface area (TPSA) is 78.1 Å². The molecule has 0 spiro atoms. The largest absolute Gasteiger partial charge is 0.472 e. The predicted molar refractivity (Wildman–Crippen MR) is 61.8 cm³/mol. The van der Waals surface area contributed by atoms with E-state index in [1.165, 1.54) is 24.7 Å². The van der Waals surface area contributed by atoms with Gasteiger partial charge in [-0.05, 0) is 24.3 Å². The average Bonchev–Trinajstić information content (AvgIpc) is 2.99. The number of nitrogens with two attached hydrogens (primary N) is 1. The van der Waals surface area contributed by atoms with Gasteiger partial charge >= 0.3 is 0 Å². The molecule has 1 aromatic carbocycles. The number of nitrogen functional groups attached to an aromatic ring is 1. The molecule has 0 amide bonds. The fraction of sp³-hybridized carbons (Fsp3) is 0. The van der Waals surface area contributed by atoms with Crippen molar-refractivity contribution in [2.75, 3.05) is 5.73 Å². The van der Waals surface area contributed by atoms with E-state index >= 15 is 0 Å². The lowest BCUT2D eigenvalue weighted by molar-refractivity contribution is 0.429. The molecule has 0 bridgehead atoms. The normalized spacial score (nSPS) is 10.7. The molecule has 0 saturated carbocycles. The average molecular weight is 245 g/mol. The van der Waals surface area contributed by atoms with E-state index in [-0.39, 0.29) is 11.5 Å². The first-order valence-corrected chi connectivity index (χ1v) is 5.16. The molecule has 0 aliphatic rings.